The molecule has 0 fully saturated rings. The Labute approximate surface area is 465 Å². The summed E-state index contributed by atoms with van der Waals surface area (Å²) in [6.07, 6.45) is 82.1. The highest BCUT2D eigenvalue weighted by Crippen LogP contribution is 2.17. The molecule has 6 heteroatoms. The van der Waals surface area contributed by atoms with Crippen LogP contribution in [0.3, 0.4) is 0 Å². The molecule has 1 atom stereocenters. The lowest BCUT2D eigenvalue weighted by Crippen LogP contribution is -2.30. The topological polar surface area (TPSA) is 78.9 Å². The number of hydrogen-bond donors (Lipinski definition) is 0. The number of carbonyl (C=O) groups is 3. The van der Waals surface area contributed by atoms with Gasteiger partial charge in [-0.2, -0.15) is 0 Å². The molecule has 0 aliphatic carbocycles. The maximum atomic E-state index is 12.9. The highest BCUT2D eigenvalue weighted by molar-refractivity contribution is 5.71. The van der Waals surface area contributed by atoms with Crippen LogP contribution in [0.1, 0.15) is 329 Å². The SMILES string of the molecule is CC/C=C\C/C=C\C/C=C\CCCCCCCCCC(=O)OC(COC(=O)CCCCCCC/C=C\C/C=C\CCC)COC(=O)CCCCCCCCCCCCCCCCC/C=C\CCCCCCCCCC. The van der Waals surface area contributed by atoms with Gasteiger partial charge >= 0.3 is 17.9 Å². The minimum Gasteiger partial charge on any atom is -0.462 e. The van der Waals surface area contributed by atoms with E-state index in [9.17, 15) is 14.4 Å². The molecule has 0 saturated carbocycles. The van der Waals surface area contributed by atoms with E-state index in [1.165, 1.54) is 180 Å². The number of rotatable bonds is 59. The number of hydrogen-bond acceptors (Lipinski definition) is 6. The first-order chi connectivity index (χ1) is 37.0. The van der Waals surface area contributed by atoms with Crippen LogP contribution in [-0.4, -0.2) is 37.2 Å². The van der Waals surface area contributed by atoms with Gasteiger partial charge in [-0.3, -0.25) is 14.4 Å². The van der Waals surface area contributed by atoms with Gasteiger partial charge in [0.25, 0.3) is 0 Å². The Morgan fingerprint density at radius 1 is 0.280 bits per heavy atom. The van der Waals surface area contributed by atoms with Crippen LogP contribution >= 0.6 is 0 Å². The van der Waals surface area contributed by atoms with E-state index in [0.717, 1.165) is 109 Å². The van der Waals surface area contributed by atoms with Crippen LogP contribution in [0.25, 0.3) is 0 Å². The molecule has 0 aromatic heterocycles. The van der Waals surface area contributed by atoms with Gasteiger partial charge in [0, 0.05) is 19.3 Å². The van der Waals surface area contributed by atoms with Gasteiger partial charge in [-0.15, -0.1) is 0 Å². The van der Waals surface area contributed by atoms with Crippen molar-refractivity contribution in [1.29, 1.82) is 0 Å². The molecule has 0 spiro atoms. The fourth-order valence-corrected chi connectivity index (χ4v) is 9.32. The van der Waals surface area contributed by atoms with Crippen molar-refractivity contribution >= 4 is 17.9 Å². The number of allylic oxidation sites excluding steroid dienone is 12. The Kier molecular flexibility index (Phi) is 60.7. The predicted molar refractivity (Wildman–Crippen MR) is 325 cm³/mol. The van der Waals surface area contributed by atoms with Crippen LogP contribution in [0.2, 0.25) is 0 Å². The van der Waals surface area contributed by atoms with E-state index in [0.29, 0.717) is 19.3 Å². The highest BCUT2D eigenvalue weighted by atomic mass is 16.6. The molecule has 0 radical (unpaired) electrons. The van der Waals surface area contributed by atoms with Crippen LogP contribution in [-0.2, 0) is 28.6 Å². The second kappa shape index (κ2) is 63.4. The van der Waals surface area contributed by atoms with E-state index < -0.39 is 6.10 Å². The Bertz CT molecular complexity index is 1390. The lowest BCUT2D eigenvalue weighted by molar-refractivity contribution is -0.167. The first kappa shape index (κ1) is 71.8. The van der Waals surface area contributed by atoms with Crippen molar-refractivity contribution < 1.29 is 28.6 Å². The first-order valence-corrected chi connectivity index (χ1v) is 32.4. The summed E-state index contributed by atoms with van der Waals surface area (Å²) in [6.45, 7) is 6.48. The second-order valence-corrected chi connectivity index (χ2v) is 21.6. The first-order valence-electron chi connectivity index (χ1n) is 32.4. The van der Waals surface area contributed by atoms with E-state index in [2.05, 4.69) is 93.7 Å². The molecule has 0 aliphatic rings. The largest absolute Gasteiger partial charge is 0.462 e. The summed E-state index contributed by atoms with van der Waals surface area (Å²) < 4.78 is 16.9. The van der Waals surface area contributed by atoms with Crippen LogP contribution in [0.4, 0.5) is 0 Å². The van der Waals surface area contributed by atoms with Crippen LogP contribution in [0.15, 0.2) is 72.9 Å². The van der Waals surface area contributed by atoms with Crippen LogP contribution < -0.4 is 0 Å². The molecule has 0 N–H and O–H groups in total. The third-order valence-electron chi connectivity index (χ3n) is 14.1. The minimum atomic E-state index is -0.787. The summed E-state index contributed by atoms with van der Waals surface area (Å²) in [7, 11) is 0. The normalized spacial score (nSPS) is 12.5. The third-order valence-corrected chi connectivity index (χ3v) is 14.1. The molecular formula is C69H122O6. The summed E-state index contributed by atoms with van der Waals surface area (Å²) in [5, 5.41) is 0. The van der Waals surface area contributed by atoms with E-state index in [1.54, 1.807) is 0 Å². The summed E-state index contributed by atoms with van der Waals surface area (Å²) in [5.41, 5.74) is 0. The van der Waals surface area contributed by atoms with E-state index in [-0.39, 0.29) is 31.1 Å². The van der Waals surface area contributed by atoms with E-state index in [4.69, 9.17) is 14.2 Å². The Hall–Kier alpha value is -3.15. The highest BCUT2D eigenvalue weighted by Gasteiger charge is 2.19. The lowest BCUT2D eigenvalue weighted by Gasteiger charge is -2.18. The molecule has 75 heavy (non-hydrogen) atoms. The number of ether oxygens (including phenoxy) is 3. The summed E-state index contributed by atoms with van der Waals surface area (Å²) in [4.78, 5) is 38.3. The molecule has 0 saturated heterocycles. The van der Waals surface area contributed by atoms with Gasteiger partial charge in [-0.05, 0) is 103 Å². The molecule has 0 aliphatic heterocycles. The molecule has 1 unspecified atom stereocenters. The Balaban J connectivity index is 4.24. The Morgan fingerprint density at radius 3 is 0.880 bits per heavy atom. The van der Waals surface area contributed by atoms with E-state index >= 15 is 0 Å². The molecule has 0 amide bonds. The standard InChI is InChI=1S/C69H122O6/c1-4-7-10-13-16-19-22-25-27-29-30-31-32-33-34-35-36-37-38-40-41-44-47-50-53-56-59-62-68(71)74-65-66(64-73-67(70)61-58-55-52-49-46-43-24-21-18-15-12-9-6-3)75-69(72)63-60-57-54-51-48-45-42-39-28-26-23-20-17-14-11-8-5-2/h8,11-12,15,17,20-21,24,26,28-30,66H,4-7,9-10,13-14,16,18-19,22-23,25,27,31-65H2,1-3H3/b11-8-,15-12-,20-17-,24-21-,28-26-,30-29-. The van der Waals surface area contributed by atoms with Crippen molar-refractivity contribution in [3.05, 3.63) is 72.9 Å². The van der Waals surface area contributed by atoms with Gasteiger partial charge in [-0.1, -0.05) is 280 Å². The van der Waals surface area contributed by atoms with Gasteiger partial charge in [0.2, 0.25) is 0 Å². The zero-order chi connectivity index (χ0) is 54.3. The van der Waals surface area contributed by atoms with E-state index in [1.807, 2.05) is 0 Å². The zero-order valence-electron chi connectivity index (χ0n) is 49.8. The van der Waals surface area contributed by atoms with Crippen molar-refractivity contribution in [2.24, 2.45) is 0 Å². The quantitative estimate of drug-likeness (QED) is 0.0261. The molecule has 0 rings (SSSR count). The van der Waals surface area contributed by atoms with Crippen molar-refractivity contribution in [2.45, 2.75) is 335 Å². The van der Waals surface area contributed by atoms with Gasteiger partial charge < -0.3 is 14.2 Å². The second-order valence-electron chi connectivity index (χ2n) is 21.6. The van der Waals surface area contributed by atoms with Crippen LogP contribution in [0, 0.1) is 0 Å². The van der Waals surface area contributed by atoms with Crippen molar-refractivity contribution in [2.75, 3.05) is 13.2 Å². The lowest BCUT2D eigenvalue weighted by atomic mass is 10.0. The predicted octanol–water partition coefficient (Wildman–Crippen LogP) is 22.1. The average molecular weight is 1050 g/mol. The molecule has 0 aromatic rings. The fraction of sp³-hybridized carbons (Fsp3) is 0.783. The van der Waals surface area contributed by atoms with Gasteiger partial charge in [0.1, 0.15) is 13.2 Å². The maximum absolute atomic E-state index is 12.9. The zero-order valence-corrected chi connectivity index (χ0v) is 49.8. The molecule has 0 heterocycles. The molecule has 0 bridgehead atoms. The van der Waals surface area contributed by atoms with Gasteiger partial charge in [0.15, 0.2) is 6.10 Å². The summed E-state index contributed by atoms with van der Waals surface area (Å²) in [6, 6.07) is 0. The van der Waals surface area contributed by atoms with Crippen molar-refractivity contribution in [1.82, 2.24) is 0 Å². The smallest absolute Gasteiger partial charge is 0.306 e. The monoisotopic (exact) mass is 1050 g/mol. The molecular weight excluding hydrogens is 925 g/mol. The minimum absolute atomic E-state index is 0.0822. The molecule has 0 aromatic carbocycles. The number of unbranched alkanes of at least 4 members (excludes halogenated alkanes) is 36. The Morgan fingerprint density at radius 2 is 0.547 bits per heavy atom. The average Bonchev–Trinajstić information content (AvgIpc) is 3.41. The van der Waals surface area contributed by atoms with Crippen molar-refractivity contribution in [3.8, 4) is 0 Å². The summed E-state index contributed by atoms with van der Waals surface area (Å²) in [5.74, 6) is -0.893. The third kappa shape index (κ3) is 61.6. The molecule has 434 valence electrons. The van der Waals surface area contributed by atoms with Crippen LogP contribution in [0.5, 0.6) is 0 Å². The number of esters is 3. The summed E-state index contributed by atoms with van der Waals surface area (Å²) >= 11 is 0. The molecule has 6 nitrogen and oxygen atoms in total. The number of carbonyl (C=O) groups excluding carboxylic acids is 3. The van der Waals surface area contributed by atoms with Gasteiger partial charge in [-0.25, -0.2) is 0 Å². The van der Waals surface area contributed by atoms with Gasteiger partial charge in [0.05, 0.1) is 0 Å². The fourth-order valence-electron chi connectivity index (χ4n) is 9.32. The maximum Gasteiger partial charge on any atom is 0.306 e. The van der Waals surface area contributed by atoms with Crippen molar-refractivity contribution in [3.63, 3.8) is 0 Å².